The molecule has 140 valence electrons. The zero-order valence-corrected chi connectivity index (χ0v) is 15.6. The first-order valence-corrected chi connectivity index (χ1v) is 8.39. The number of hydrogen-bond acceptors (Lipinski definition) is 4. The Hall–Kier alpha value is -2.31. The van der Waals surface area contributed by atoms with E-state index in [9.17, 15) is 9.18 Å². The van der Waals surface area contributed by atoms with Crippen LogP contribution in [0.3, 0.4) is 0 Å². The van der Waals surface area contributed by atoms with Gasteiger partial charge in [-0.1, -0.05) is 17.7 Å². The molecule has 0 bridgehead atoms. The average Bonchev–Trinajstić information content (AvgIpc) is 2.61. The molecule has 0 saturated carbocycles. The van der Waals surface area contributed by atoms with Gasteiger partial charge in [0.05, 0.1) is 25.3 Å². The summed E-state index contributed by atoms with van der Waals surface area (Å²) in [6.45, 7) is 2.66. The van der Waals surface area contributed by atoms with Gasteiger partial charge < -0.3 is 19.5 Å². The number of methoxy groups -OCH3 is 2. The number of carbonyl (C=O) groups excluding carboxylic acids is 1. The quantitative estimate of drug-likeness (QED) is 0.702. The second-order valence-corrected chi connectivity index (χ2v) is 6.01. The summed E-state index contributed by atoms with van der Waals surface area (Å²) in [5.74, 6) is -0.0688. The van der Waals surface area contributed by atoms with Gasteiger partial charge >= 0.3 is 0 Å². The zero-order chi connectivity index (χ0) is 19.1. The van der Waals surface area contributed by atoms with Crippen molar-refractivity contribution in [3.05, 3.63) is 58.4 Å². The van der Waals surface area contributed by atoms with Crippen molar-refractivity contribution in [2.24, 2.45) is 0 Å². The summed E-state index contributed by atoms with van der Waals surface area (Å²) >= 11 is 5.71. The second-order valence-electron chi connectivity index (χ2n) is 5.57. The first kappa shape index (κ1) is 20.0. The molecule has 5 nitrogen and oxygen atoms in total. The van der Waals surface area contributed by atoms with Gasteiger partial charge in [-0.15, -0.1) is 0 Å². The minimum Gasteiger partial charge on any atom is -0.493 e. The molecule has 0 aromatic heterocycles. The third-order valence-corrected chi connectivity index (χ3v) is 3.99. The van der Waals surface area contributed by atoms with Crippen molar-refractivity contribution in [3.8, 4) is 11.5 Å². The molecule has 0 aliphatic rings. The van der Waals surface area contributed by atoms with Gasteiger partial charge in [0.25, 0.3) is 5.91 Å². The largest absolute Gasteiger partial charge is 0.493 e. The topological polar surface area (TPSA) is 56.8 Å². The van der Waals surface area contributed by atoms with E-state index in [4.69, 9.17) is 25.8 Å². The van der Waals surface area contributed by atoms with Crippen LogP contribution >= 0.6 is 11.6 Å². The van der Waals surface area contributed by atoms with Crippen LogP contribution in [0.5, 0.6) is 11.5 Å². The predicted molar refractivity (Wildman–Crippen MR) is 97.7 cm³/mol. The van der Waals surface area contributed by atoms with Gasteiger partial charge in [-0.05, 0) is 42.8 Å². The molecule has 0 radical (unpaired) electrons. The number of halogens is 2. The van der Waals surface area contributed by atoms with E-state index in [1.54, 1.807) is 26.2 Å². The van der Waals surface area contributed by atoms with Crippen molar-refractivity contribution >= 4 is 17.5 Å². The van der Waals surface area contributed by atoms with Gasteiger partial charge in [0.2, 0.25) is 0 Å². The highest BCUT2D eigenvalue weighted by Gasteiger charge is 2.17. The fourth-order valence-electron chi connectivity index (χ4n) is 2.34. The lowest BCUT2D eigenvalue weighted by Crippen LogP contribution is -2.27. The average molecular weight is 382 g/mol. The Labute approximate surface area is 157 Å². The van der Waals surface area contributed by atoms with E-state index >= 15 is 0 Å². The van der Waals surface area contributed by atoms with E-state index in [0.717, 1.165) is 11.6 Å². The maximum absolute atomic E-state index is 13.9. The molecule has 2 aromatic carbocycles. The van der Waals surface area contributed by atoms with Crippen molar-refractivity contribution < 1.29 is 23.4 Å². The van der Waals surface area contributed by atoms with Crippen LogP contribution in [0.2, 0.25) is 5.02 Å². The first-order chi connectivity index (χ1) is 12.5. The molecular weight excluding hydrogens is 361 g/mol. The number of benzene rings is 2. The van der Waals surface area contributed by atoms with E-state index in [1.807, 2.05) is 6.07 Å². The third-order valence-electron chi connectivity index (χ3n) is 3.76. The predicted octanol–water partition coefficient (Wildman–Crippen LogP) is 4.00. The fourth-order valence-corrected chi connectivity index (χ4v) is 2.50. The summed E-state index contributed by atoms with van der Waals surface area (Å²) in [6.07, 6.45) is 0. The molecule has 0 heterocycles. The van der Waals surface area contributed by atoms with Gasteiger partial charge in [-0.2, -0.15) is 0 Å². The van der Waals surface area contributed by atoms with Crippen LogP contribution in [0.25, 0.3) is 0 Å². The molecule has 2 aromatic rings. The van der Waals surface area contributed by atoms with Crippen LogP contribution in [-0.4, -0.2) is 33.3 Å². The van der Waals surface area contributed by atoms with Gasteiger partial charge in [0.1, 0.15) is 12.4 Å². The Morgan fingerprint density at radius 2 is 1.92 bits per heavy atom. The highest BCUT2D eigenvalue weighted by atomic mass is 35.5. The van der Waals surface area contributed by atoms with Crippen LogP contribution < -0.4 is 14.8 Å². The molecule has 0 aliphatic carbocycles. The van der Waals surface area contributed by atoms with Crippen LogP contribution in [0.1, 0.15) is 28.9 Å². The standard InChI is InChI=1S/C19H21ClFNO4/c1-12(22-19(23)15-6-5-14(20)11-16(15)21)13-4-7-17(18(10-13)25-3)26-9-8-24-2/h4-7,10-12H,8-9H2,1-3H3,(H,22,23)/t12-/m0/s1. The lowest BCUT2D eigenvalue weighted by molar-refractivity contribution is 0.0935. The van der Waals surface area contributed by atoms with Gasteiger partial charge in [0, 0.05) is 12.1 Å². The Balaban J connectivity index is 2.10. The van der Waals surface area contributed by atoms with Crippen LogP contribution in [0.4, 0.5) is 4.39 Å². The van der Waals surface area contributed by atoms with Gasteiger partial charge in [-0.25, -0.2) is 4.39 Å². The highest BCUT2D eigenvalue weighted by Crippen LogP contribution is 2.30. The highest BCUT2D eigenvalue weighted by molar-refractivity contribution is 6.30. The summed E-state index contributed by atoms with van der Waals surface area (Å²) in [4.78, 5) is 12.3. The molecule has 7 heteroatoms. The summed E-state index contributed by atoms with van der Waals surface area (Å²) in [6, 6.07) is 8.91. The van der Waals surface area contributed by atoms with E-state index in [-0.39, 0.29) is 16.6 Å². The smallest absolute Gasteiger partial charge is 0.254 e. The monoisotopic (exact) mass is 381 g/mol. The lowest BCUT2D eigenvalue weighted by atomic mass is 10.1. The van der Waals surface area contributed by atoms with Crippen molar-refractivity contribution in [3.63, 3.8) is 0 Å². The Morgan fingerprint density at radius 1 is 1.15 bits per heavy atom. The van der Waals surface area contributed by atoms with Crippen LogP contribution in [0, 0.1) is 5.82 Å². The van der Waals surface area contributed by atoms with E-state index < -0.39 is 11.7 Å². The second kappa shape index (κ2) is 9.40. The third kappa shape index (κ3) is 5.09. The fraction of sp³-hybridized carbons (Fsp3) is 0.316. The number of rotatable bonds is 8. The summed E-state index contributed by atoms with van der Waals surface area (Å²) in [5.41, 5.74) is 0.733. The molecule has 0 fully saturated rings. The number of nitrogens with one attached hydrogen (secondary N) is 1. The minimum absolute atomic E-state index is 0.0623. The first-order valence-electron chi connectivity index (χ1n) is 8.01. The molecule has 0 spiro atoms. The van der Waals surface area contributed by atoms with E-state index in [0.29, 0.717) is 24.7 Å². The number of ether oxygens (including phenoxy) is 3. The van der Waals surface area contributed by atoms with Gasteiger partial charge in [0.15, 0.2) is 11.5 Å². The molecule has 1 N–H and O–H groups in total. The molecule has 26 heavy (non-hydrogen) atoms. The number of carbonyl (C=O) groups is 1. The summed E-state index contributed by atoms with van der Waals surface area (Å²) < 4.78 is 29.7. The van der Waals surface area contributed by atoms with Crippen molar-refractivity contribution in [1.82, 2.24) is 5.32 Å². The normalized spacial score (nSPS) is 11.7. The van der Waals surface area contributed by atoms with Crippen molar-refractivity contribution in [2.45, 2.75) is 13.0 Å². The van der Waals surface area contributed by atoms with E-state index in [2.05, 4.69) is 5.32 Å². The molecule has 1 atom stereocenters. The van der Waals surface area contributed by atoms with E-state index in [1.165, 1.54) is 19.2 Å². The summed E-state index contributed by atoms with van der Waals surface area (Å²) in [5, 5.41) is 2.99. The maximum atomic E-state index is 13.9. The SMILES string of the molecule is COCCOc1ccc([C@H](C)NC(=O)c2ccc(Cl)cc2F)cc1OC. The number of amides is 1. The Bertz CT molecular complexity index is 769. The summed E-state index contributed by atoms with van der Waals surface area (Å²) in [7, 11) is 3.13. The lowest BCUT2D eigenvalue weighted by Gasteiger charge is -2.17. The number of hydrogen-bond donors (Lipinski definition) is 1. The molecule has 0 unspecified atom stereocenters. The van der Waals surface area contributed by atoms with Crippen LogP contribution in [-0.2, 0) is 4.74 Å². The molecule has 1 amide bonds. The molecule has 0 aliphatic heterocycles. The molecule has 0 saturated heterocycles. The Kier molecular flexibility index (Phi) is 7.24. The molecular formula is C19H21ClFNO4. The zero-order valence-electron chi connectivity index (χ0n) is 14.8. The maximum Gasteiger partial charge on any atom is 0.254 e. The Morgan fingerprint density at radius 3 is 2.58 bits per heavy atom. The molecule has 2 rings (SSSR count). The van der Waals surface area contributed by atoms with Crippen molar-refractivity contribution in [2.75, 3.05) is 27.4 Å². The van der Waals surface area contributed by atoms with Crippen LogP contribution in [0.15, 0.2) is 36.4 Å². The minimum atomic E-state index is -0.665. The van der Waals surface area contributed by atoms with Gasteiger partial charge in [-0.3, -0.25) is 4.79 Å². The van der Waals surface area contributed by atoms with Crippen molar-refractivity contribution in [1.29, 1.82) is 0 Å².